The summed E-state index contributed by atoms with van der Waals surface area (Å²) in [5, 5.41) is 0. The molecule has 0 atom stereocenters. The number of rotatable bonds is 0. The highest BCUT2D eigenvalue weighted by Gasteiger charge is 1.83. The van der Waals surface area contributed by atoms with E-state index in [1.54, 1.807) is 0 Å². The molecule has 0 bridgehead atoms. The van der Waals surface area contributed by atoms with Crippen LogP contribution in [-0.2, 0) is 0 Å². The van der Waals surface area contributed by atoms with Crippen molar-refractivity contribution in [3.63, 3.8) is 0 Å². The van der Waals surface area contributed by atoms with Crippen LogP contribution in [0.1, 0.15) is 25.7 Å². The Morgan fingerprint density at radius 1 is 0.727 bits per heavy atom. The van der Waals surface area contributed by atoms with E-state index in [4.69, 9.17) is 0 Å². The normalized spacial score (nSPS) is 28.4. The summed E-state index contributed by atoms with van der Waals surface area (Å²) in [4.78, 5) is 0. The molecule has 1 radical (unpaired) electrons. The van der Waals surface area contributed by atoms with Gasteiger partial charge in [-0.2, -0.15) is 0 Å². The van der Waals surface area contributed by atoms with Gasteiger partial charge in [-0.3, -0.25) is 0 Å². The van der Waals surface area contributed by atoms with Crippen molar-refractivity contribution in [2.45, 2.75) is 25.7 Å². The fraction of sp³-hybridized carbons (Fsp3) is 0.364. The SMILES string of the molecule is [CH]1/C=C\C=C/C/C=C\CCC1. The molecule has 0 fully saturated rings. The Morgan fingerprint density at radius 3 is 2.73 bits per heavy atom. The molecule has 0 unspecified atom stereocenters. The largest absolute Gasteiger partial charge is 0.0882 e. The van der Waals surface area contributed by atoms with Crippen LogP contribution in [0, 0.1) is 6.42 Å². The first-order chi connectivity index (χ1) is 5.50. The Kier molecular flexibility index (Phi) is 4.51. The summed E-state index contributed by atoms with van der Waals surface area (Å²) in [6.07, 6.45) is 20.0. The van der Waals surface area contributed by atoms with Crippen molar-refractivity contribution in [1.29, 1.82) is 0 Å². The average molecular weight is 147 g/mol. The van der Waals surface area contributed by atoms with Crippen molar-refractivity contribution in [3.05, 3.63) is 42.9 Å². The van der Waals surface area contributed by atoms with Crippen LogP contribution < -0.4 is 0 Å². The topological polar surface area (TPSA) is 0 Å². The first-order valence-corrected chi connectivity index (χ1v) is 4.30. The smallest absolute Gasteiger partial charge is 0.0166 e. The minimum Gasteiger partial charge on any atom is -0.0882 e. The van der Waals surface area contributed by atoms with Crippen LogP contribution >= 0.6 is 0 Å². The lowest BCUT2D eigenvalue weighted by Crippen LogP contribution is -1.72. The van der Waals surface area contributed by atoms with Gasteiger partial charge in [0.2, 0.25) is 0 Å². The van der Waals surface area contributed by atoms with Crippen molar-refractivity contribution in [2.75, 3.05) is 0 Å². The van der Waals surface area contributed by atoms with Crippen LogP contribution in [0.25, 0.3) is 0 Å². The van der Waals surface area contributed by atoms with Gasteiger partial charge in [-0.05, 0) is 32.1 Å². The summed E-state index contributed by atoms with van der Waals surface area (Å²) in [6.45, 7) is 0. The van der Waals surface area contributed by atoms with Crippen LogP contribution in [0.15, 0.2) is 36.5 Å². The first kappa shape index (κ1) is 8.32. The van der Waals surface area contributed by atoms with E-state index in [1.807, 2.05) is 0 Å². The van der Waals surface area contributed by atoms with Gasteiger partial charge in [-0.1, -0.05) is 36.5 Å². The van der Waals surface area contributed by atoms with E-state index in [0.717, 1.165) is 6.42 Å². The second-order valence-corrected chi connectivity index (χ2v) is 2.69. The number of hydrogen-bond donors (Lipinski definition) is 0. The highest BCUT2D eigenvalue weighted by Crippen LogP contribution is 2.02. The van der Waals surface area contributed by atoms with Gasteiger partial charge in [0.1, 0.15) is 0 Å². The standard InChI is InChI=1S/C11H15/c1-2-4-6-8-10-11-9-7-5-3-1/h1-5,8,10H,6-7,9,11H2/b3-1-,4-2-,10-8-. The summed E-state index contributed by atoms with van der Waals surface area (Å²) in [5.74, 6) is 0. The third kappa shape index (κ3) is 4.60. The van der Waals surface area contributed by atoms with E-state index < -0.39 is 0 Å². The van der Waals surface area contributed by atoms with Crippen LogP contribution in [0.5, 0.6) is 0 Å². The van der Waals surface area contributed by atoms with Gasteiger partial charge in [0, 0.05) is 0 Å². The summed E-state index contributed by atoms with van der Waals surface area (Å²) in [6, 6.07) is 0. The molecule has 0 saturated carbocycles. The lowest BCUT2D eigenvalue weighted by molar-refractivity contribution is 0.841. The summed E-state index contributed by atoms with van der Waals surface area (Å²) in [5.41, 5.74) is 0. The second kappa shape index (κ2) is 5.96. The molecule has 11 heavy (non-hydrogen) atoms. The molecule has 1 aliphatic rings. The maximum absolute atomic E-state index is 2.27. The lowest BCUT2D eigenvalue weighted by atomic mass is 10.2. The quantitative estimate of drug-likeness (QED) is 0.460. The van der Waals surface area contributed by atoms with E-state index >= 15 is 0 Å². The van der Waals surface area contributed by atoms with Crippen LogP contribution in [0.3, 0.4) is 0 Å². The molecule has 1 aliphatic carbocycles. The highest BCUT2D eigenvalue weighted by atomic mass is 13.9. The molecule has 0 amide bonds. The van der Waals surface area contributed by atoms with E-state index in [2.05, 4.69) is 42.9 Å². The maximum Gasteiger partial charge on any atom is -0.0166 e. The van der Waals surface area contributed by atoms with Crippen molar-refractivity contribution in [1.82, 2.24) is 0 Å². The van der Waals surface area contributed by atoms with Crippen LogP contribution in [0.4, 0.5) is 0 Å². The molecule has 59 valence electrons. The number of hydrogen-bond acceptors (Lipinski definition) is 0. The van der Waals surface area contributed by atoms with E-state index in [1.165, 1.54) is 19.3 Å². The molecule has 0 aromatic rings. The predicted octanol–water partition coefficient (Wildman–Crippen LogP) is 3.43. The molecule has 0 saturated heterocycles. The fourth-order valence-electron chi connectivity index (χ4n) is 1.04. The summed E-state index contributed by atoms with van der Waals surface area (Å²) in [7, 11) is 0. The first-order valence-electron chi connectivity index (χ1n) is 4.30. The zero-order valence-electron chi connectivity index (χ0n) is 6.87. The molecule has 0 aromatic heterocycles. The van der Waals surface area contributed by atoms with Gasteiger partial charge in [-0.15, -0.1) is 0 Å². The lowest BCUT2D eigenvalue weighted by Gasteiger charge is -1.90. The summed E-state index contributed by atoms with van der Waals surface area (Å²) >= 11 is 0. The van der Waals surface area contributed by atoms with Crippen LogP contribution in [0.2, 0.25) is 0 Å². The molecule has 0 aromatic carbocycles. The minimum absolute atomic E-state index is 1.07. The molecule has 0 spiro atoms. The van der Waals surface area contributed by atoms with Crippen molar-refractivity contribution in [3.8, 4) is 0 Å². The fourth-order valence-corrected chi connectivity index (χ4v) is 1.04. The van der Waals surface area contributed by atoms with Crippen LogP contribution in [-0.4, -0.2) is 0 Å². The van der Waals surface area contributed by atoms with Gasteiger partial charge in [0.15, 0.2) is 0 Å². The van der Waals surface area contributed by atoms with E-state index in [0.29, 0.717) is 0 Å². The van der Waals surface area contributed by atoms with E-state index in [-0.39, 0.29) is 0 Å². The Balaban J connectivity index is 2.35. The minimum atomic E-state index is 1.07. The average Bonchev–Trinajstić information content (AvgIpc) is 2.08. The second-order valence-electron chi connectivity index (χ2n) is 2.69. The van der Waals surface area contributed by atoms with Gasteiger partial charge >= 0.3 is 0 Å². The molecule has 0 heteroatoms. The maximum atomic E-state index is 2.27. The van der Waals surface area contributed by atoms with Gasteiger partial charge in [-0.25, -0.2) is 0 Å². The monoisotopic (exact) mass is 147 g/mol. The highest BCUT2D eigenvalue weighted by molar-refractivity contribution is 5.09. The molecule has 0 nitrogen and oxygen atoms in total. The van der Waals surface area contributed by atoms with Gasteiger partial charge in [0.25, 0.3) is 0 Å². The van der Waals surface area contributed by atoms with Crippen molar-refractivity contribution < 1.29 is 0 Å². The molecule has 1 rings (SSSR count). The number of allylic oxidation sites excluding steroid dienone is 6. The Labute approximate surface area is 69.3 Å². The van der Waals surface area contributed by atoms with Gasteiger partial charge in [0.05, 0.1) is 0 Å². The van der Waals surface area contributed by atoms with Crippen molar-refractivity contribution >= 4 is 0 Å². The molecular formula is C11H15. The zero-order chi connectivity index (χ0) is 7.78. The summed E-state index contributed by atoms with van der Waals surface area (Å²) < 4.78 is 0. The Bertz CT molecular complexity index is 161. The molecular weight excluding hydrogens is 132 g/mol. The molecule has 0 N–H and O–H groups in total. The molecule has 0 heterocycles. The predicted molar refractivity (Wildman–Crippen MR) is 50.2 cm³/mol. The molecule has 0 aliphatic heterocycles. The van der Waals surface area contributed by atoms with Gasteiger partial charge < -0.3 is 0 Å². The Morgan fingerprint density at radius 2 is 1.73 bits per heavy atom. The third-order valence-electron chi connectivity index (χ3n) is 1.67. The zero-order valence-corrected chi connectivity index (χ0v) is 6.87. The Hall–Kier alpha value is -0.780. The van der Waals surface area contributed by atoms with Crippen molar-refractivity contribution in [2.24, 2.45) is 0 Å². The van der Waals surface area contributed by atoms with E-state index in [9.17, 15) is 0 Å². The third-order valence-corrected chi connectivity index (χ3v) is 1.67.